The zero-order chi connectivity index (χ0) is 18.5. The van der Waals surface area contributed by atoms with Crippen molar-refractivity contribution in [2.75, 3.05) is 18.1 Å². The second kappa shape index (κ2) is 6.57. The van der Waals surface area contributed by atoms with Crippen LogP contribution in [0.2, 0.25) is 5.02 Å². The maximum atomic E-state index is 13.2. The Kier molecular flexibility index (Phi) is 4.51. The number of benzene rings is 1. The second-order valence-corrected chi connectivity index (χ2v) is 10.1. The van der Waals surface area contributed by atoms with Crippen LogP contribution in [0.15, 0.2) is 18.2 Å². The van der Waals surface area contributed by atoms with Gasteiger partial charge in [-0.2, -0.15) is 0 Å². The molecule has 26 heavy (non-hydrogen) atoms. The summed E-state index contributed by atoms with van der Waals surface area (Å²) in [6.07, 6.45) is 2.87. The van der Waals surface area contributed by atoms with Gasteiger partial charge in [-0.3, -0.25) is 4.79 Å². The van der Waals surface area contributed by atoms with E-state index in [1.807, 2.05) is 25.1 Å². The predicted octanol–water partition coefficient (Wildman–Crippen LogP) is 2.96. The minimum Gasteiger partial charge on any atom is -0.358 e. The fourth-order valence-electron chi connectivity index (χ4n) is 4.45. The molecule has 0 spiro atoms. The van der Waals surface area contributed by atoms with Crippen molar-refractivity contribution in [2.45, 2.75) is 38.6 Å². The van der Waals surface area contributed by atoms with Crippen molar-refractivity contribution in [3.63, 3.8) is 0 Å². The summed E-state index contributed by atoms with van der Waals surface area (Å²) in [4.78, 5) is 18.4. The molecule has 2 aliphatic rings. The van der Waals surface area contributed by atoms with Crippen LogP contribution in [-0.4, -0.2) is 48.3 Å². The van der Waals surface area contributed by atoms with Crippen LogP contribution in [0.5, 0.6) is 0 Å². The van der Waals surface area contributed by atoms with E-state index in [0.717, 1.165) is 23.7 Å². The SMILES string of the molecule is CCN(C(=O)C1CCc2[nH]c3ccc(Cl)cc3c2C1)C1CCS(=O)(=O)C1. The number of rotatable bonds is 3. The molecule has 1 fully saturated rings. The highest BCUT2D eigenvalue weighted by molar-refractivity contribution is 7.91. The standard InChI is InChI=1S/C19H23ClN2O3S/c1-2-22(14-7-8-26(24,25)11-14)19(23)12-3-5-17-15(9-12)16-10-13(20)4-6-18(16)21-17/h4,6,10,12,14,21H,2-3,5,7-9,11H2,1H3. The fourth-order valence-corrected chi connectivity index (χ4v) is 6.35. The molecule has 1 N–H and O–H groups in total. The Morgan fingerprint density at radius 1 is 1.35 bits per heavy atom. The summed E-state index contributed by atoms with van der Waals surface area (Å²) in [6, 6.07) is 5.64. The molecule has 2 heterocycles. The van der Waals surface area contributed by atoms with Crippen LogP contribution in [0.4, 0.5) is 0 Å². The van der Waals surface area contributed by atoms with Gasteiger partial charge in [0.1, 0.15) is 0 Å². The Morgan fingerprint density at radius 2 is 2.15 bits per heavy atom. The number of hydrogen-bond acceptors (Lipinski definition) is 3. The number of amides is 1. The third kappa shape index (κ3) is 3.14. The molecule has 0 radical (unpaired) electrons. The average molecular weight is 395 g/mol. The van der Waals surface area contributed by atoms with Crippen LogP contribution < -0.4 is 0 Å². The summed E-state index contributed by atoms with van der Waals surface area (Å²) in [5.74, 6) is 0.296. The predicted molar refractivity (Wildman–Crippen MR) is 103 cm³/mol. The van der Waals surface area contributed by atoms with Crippen molar-refractivity contribution >= 4 is 38.2 Å². The van der Waals surface area contributed by atoms with Gasteiger partial charge in [-0.25, -0.2) is 8.42 Å². The van der Waals surface area contributed by atoms with Gasteiger partial charge in [-0.1, -0.05) is 11.6 Å². The molecule has 4 rings (SSSR count). The van der Waals surface area contributed by atoms with E-state index in [9.17, 15) is 13.2 Å². The molecule has 1 saturated heterocycles. The van der Waals surface area contributed by atoms with E-state index in [2.05, 4.69) is 4.98 Å². The van der Waals surface area contributed by atoms with Gasteiger partial charge < -0.3 is 9.88 Å². The molecular weight excluding hydrogens is 372 g/mol. The van der Waals surface area contributed by atoms with E-state index in [0.29, 0.717) is 24.4 Å². The van der Waals surface area contributed by atoms with E-state index in [4.69, 9.17) is 11.6 Å². The third-order valence-corrected chi connectivity index (χ3v) is 7.76. The molecule has 1 aliphatic carbocycles. The normalized spacial score (nSPS) is 24.5. The number of sulfone groups is 1. The first kappa shape index (κ1) is 17.9. The van der Waals surface area contributed by atoms with Gasteiger partial charge >= 0.3 is 0 Å². The number of H-pyrrole nitrogens is 1. The van der Waals surface area contributed by atoms with Crippen LogP contribution in [0.1, 0.15) is 31.0 Å². The zero-order valence-corrected chi connectivity index (χ0v) is 16.4. The molecule has 0 saturated carbocycles. The number of hydrogen-bond donors (Lipinski definition) is 1. The summed E-state index contributed by atoms with van der Waals surface area (Å²) in [5, 5.41) is 1.79. The molecule has 2 atom stereocenters. The Balaban J connectivity index is 1.58. The van der Waals surface area contributed by atoms with Gasteiger partial charge in [0.15, 0.2) is 9.84 Å². The number of halogens is 1. The first-order chi connectivity index (χ1) is 12.4. The molecule has 2 unspecified atom stereocenters. The molecule has 2 aromatic rings. The number of carbonyl (C=O) groups is 1. The van der Waals surface area contributed by atoms with Gasteiger partial charge in [-0.05, 0) is 56.4 Å². The number of aromatic amines is 1. The summed E-state index contributed by atoms with van der Waals surface area (Å²) in [5.41, 5.74) is 3.43. The Hall–Kier alpha value is -1.53. The highest BCUT2D eigenvalue weighted by Crippen LogP contribution is 2.34. The monoisotopic (exact) mass is 394 g/mol. The summed E-state index contributed by atoms with van der Waals surface area (Å²) in [7, 11) is -3.00. The molecular formula is C19H23ClN2O3S. The fraction of sp³-hybridized carbons (Fsp3) is 0.526. The van der Waals surface area contributed by atoms with Gasteiger partial charge in [0.25, 0.3) is 0 Å². The highest BCUT2D eigenvalue weighted by atomic mass is 35.5. The maximum absolute atomic E-state index is 13.2. The molecule has 7 heteroatoms. The Morgan fingerprint density at radius 3 is 2.85 bits per heavy atom. The number of fused-ring (bicyclic) bond motifs is 3. The Bertz CT molecular complexity index is 967. The minimum atomic E-state index is -3.00. The van der Waals surface area contributed by atoms with E-state index in [1.54, 1.807) is 4.90 Å². The smallest absolute Gasteiger partial charge is 0.226 e. The van der Waals surface area contributed by atoms with Gasteiger partial charge in [0.05, 0.1) is 11.5 Å². The van der Waals surface area contributed by atoms with E-state index < -0.39 is 9.84 Å². The van der Waals surface area contributed by atoms with Crippen LogP contribution in [-0.2, 0) is 27.5 Å². The highest BCUT2D eigenvalue weighted by Gasteiger charge is 2.37. The summed E-state index contributed by atoms with van der Waals surface area (Å²) >= 11 is 6.16. The van der Waals surface area contributed by atoms with Crippen molar-refractivity contribution in [1.29, 1.82) is 0 Å². The van der Waals surface area contributed by atoms with E-state index in [-0.39, 0.29) is 29.4 Å². The molecule has 5 nitrogen and oxygen atoms in total. The first-order valence-electron chi connectivity index (χ1n) is 9.18. The quantitative estimate of drug-likeness (QED) is 0.869. The first-order valence-corrected chi connectivity index (χ1v) is 11.4. The minimum absolute atomic E-state index is 0.0938. The van der Waals surface area contributed by atoms with Crippen molar-refractivity contribution in [3.8, 4) is 0 Å². The second-order valence-electron chi connectivity index (χ2n) is 7.39. The van der Waals surface area contributed by atoms with Gasteiger partial charge in [0, 0.05) is 40.1 Å². The lowest BCUT2D eigenvalue weighted by Crippen LogP contribution is -2.45. The Labute approximate surface area is 158 Å². The van der Waals surface area contributed by atoms with Crippen LogP contribution >= 0.6 is 11.6 Å². The topological polar surface area (TPSA) is 70.2 Å². The molecule has 1 amide bonds. The van der Waals surface area contributed by atoms with Crippen molar-refractivity contribution in [1.82, 2.24) is 9.88 Å². The van der Waals surface area contributed by atoms with Crippen molar-refractivity contribution in [2.24, 2.45) is 5.92 Å². The number of aryl methyl sites for hydroxylation is 1. The van der Waals surface area contributed by atoms with Crippen LogP contribution in [0.3, 0.4) is 0 Å². The lowest BCUT2D eigenvalue weighted by Gasteiger charge is -2.32. The van der Waals surface area contributed by atoms with Crippen molar-refractivity contribution < 1.29 is 13.2 Å². The summed E-state index contributed by atoms with van der Waals surface area (Å²) < 4.78 is 23.6. The van der Waals surface area contributed by atoms with Gasteiger partial charge in [-0.15, -0.1) is 0 Å². The van der Waals surface area contributed by atoms with Crippen molar-refractivity contribution in [3.05, 3.63) is 34.5 Å². The molecule has 1 aliphatic heterocycles. The van der Waals surface area contributed by atoms with E-state index >= 15 is 0 Å². The third-order valence-electron chi connectivity index (χ3n) is 5.77. The lowest BCUT2D eigenvalue weighted by molar-refractivity contribution is -0.137. The summed E-state index contributed by atoms with van der Waals surface area (Å²) in [6.45, 7) is 2.49. The number of nitrogens with zero attached hydrogens (tertiary/aromatic N) is 1. The lowest BCUT2D eigenvalue weighted by atomic mass is 9.85. The molecule has 1 aromatic carbocycles. The average Bonchev–Trinajstić information content (AvgIpc) is 3.14. The molecule has 1 aromatic heterocycles. The largest absolute Gasteiger partial charge is 0.358 e. The van der Waals surface area contributed by atoms with Crippen LogP contribution in [0, 0.1) is 5.92 Å². The number of aromatic nitrogens is 1. The maximum Gasteiger partial charge on any atom is 0.226 e. The molecule has 0 bridgehead atoms. The molecule has 140 valence electrons. The van der Waals surface area contributed by atoms with E-state index in [1.165, 1.54) is 11.3 Å². The van der Waals surface area contributed by atoms with Gasteiger partial charge in [0.2, 0.25) is 5.91 Å². The number of carbonyl (C=O) groups excluding carboxylic acids is 1. The van der Waals surface area contributed by atoms with Crippen LogP contribution in [0.25, 0.3) is 10.9 Å². The number of nitrogens with one attached hydrogen (secondary N) is 1. The zero-order valence-electron chi connectivity index (χ0n) is 14.8.